The van der Waals surface area contributed by atoms with Gasteiger partial charge in [0.1, 0.15) is 11.5 Å². The van der Waals surface area contributed by atoms with Gasteiger partial charge in [-0.15, -0.1) is 0 Å². The minimum atomic E-state index is 0.0157. The fourth-order valence-electron chi connectivity index (χ4n) is 1.97. The van der Waals surface area contributed by atoms with Crippen molar-refractivity contribution in [3.05, 3.63) is 35.4 Å². The lowest BCUT2D eigenvalue weighted by Gasteiger charge is -1.98. The van der Waals surface area contributed by atoms with Gasteiger partial charge in [0, 0.05) is 29.5 Å². The molecule has 1 aliphatic heterocycles. The molecule has 0 saturated carbocycles. The molecular formula is C14H14N4O. The Balaban J connectivity index is 2.02. The van der Waals surface area contributed by atoms with Crippen LogP contribution in [0, 0.1) is 0 Å². The van der Waals surface area contributed by atoms with Crippen molar-refractivity contribution < 1.29 is 5.11 Å². The average molecular weight is 254 g/mol. The van der Waals surface area contributed by atoms with Crippen LogP contribution >= 0.6 is 0 Å². The van der Waals surface area contributed by atoms with Gasteiger partial charge < -0.3 is 10.1 Å². The smallest absolute Gasteiger partial charge is 0.237 e. The van der Waals surface area contributed by atoms with E-state index >= 15 is 0 Å². The molecule has 0 bridgehead atoms. The van der Waals surface area contributed by atoms with Crippen molar-refractivity contribution in [2.24, 2.45) is 4.99 Å². The minimum absolute atomic E-state index is 0.0157. The number of H-pyrrole nitrogens is 1. The van der Waals surface area contributed by atoms with Crippen molar-refractivity contribution in [2.75, 3.05) is 0 Å². The highest BCUT2D eigenvalue weighted by atomic mass is 16.3. The van der Waals surface area contributed by atoms with Crippen molar-refractivity contribution >= 4 is 23.7 Å². The van der Waals surface area contributed by atoms with E-state index in [9.17, 15) is 5.11 Å². The highest BCUT2D eigenvalue weighted by Crippen LogP contribution is 2.31. The molecule has 0 spiro atoms. The summed E-state index contributed by atoms with van der Waals surface area (Å²) in [6.45, 7) is 4.04. The number of nitrogens with one attached hydrogen (secondary N) is 1. The molecule has 0 atom stereocenters. The molecule has 3 heterocycles. The van der Waals surface area contributed by atoms with Gasteiger partial charge in [-0.25, -0.2) is 9.98 Å². The Morgan fingerprint density at radius 3 is 2.95 bits per heavy atom. The third kappa shape index (κ3) is 2.03. The number of pyridine rings is 1. The summed E-state index contributed by atoms with van der Waals surface area (Å²) in [6.07, 6.45) is 5.29. The van der Waals surface area contributed by atoms with Crippen molar-refractivity contribution in [3.8, 4) is 5.88 Å². The molecule has 2 aromatic heterocycles. The highest BCUT2D eigenvalue weighted by Gasteiger charge is 2.15. The second-order valence-electron chi connectivity index (χ2n) is 4.75. The standard InChI is InChI=1S/C14H14N4O/c1-8(2)12-17-11(14(19)18-12)6-9-7-16-13-10(9)4-3-5-15-13/h3-8,19H,1-2H3,(H,17,18)/b9-6-. The van der Waals surface area contributed by atoms with Crippen molar-refractivity contribution in [1.82, 2.24) is 15.0 Å². The number of hydrogen-bond donors (Lipinski definition) is 2. The van der Waals surface area contributed by atoms with Crippen LogP contribution in [0.1, 0.15) is 36.8 Å². The third-order valence-electron chi connectivity index (χ3n) is 3.00. The molecule has 19 heavy (non-hydrogen) atoms. The van der Waals surface area contributed by atoms with E-state index in [1.807, 2.05) is 32.1 Å². The fraction of sp³-hybridized carbons (Fsp3) is 0.214. The van der Waals surface area contributed by atoms with Crippen LogP contribution in [-0.4, -0.2) is 26.3 Å². The first-order valence-electron chi connectivity index (χ1n) is 6.15. The monoisotopic (exact) mass is 254 g/mol. The predicted molar refractivity (Wildman–Crippen MR) is 74.6 cm³/mol. The van der Waals surface area contributed by atoms with E-state index in [0.29, 0.717) is 11.5 Å². The number of aliphatic imine (C=N–C) groups is 1. The van der Waals surface area contributed by atoms with Crippen LogP contribution in [-0.2, 0) is 0 Å². The first-order chi connectivity index (χ1) is 9.15. The molecule has 0 fully saturated rings. The Morgan fingerprint density at radius 1 is 1.37 bits per heavy atom. The normalized spacial score (nSPS) is 15.4. The number of aromatic amines is 1. The zero-order valence-electron chi connectivity index (χ0n) is 10.8. The second-order valence-corrected chi connectivity index (χ2v) is 4.75. The van der Waals surface area contributed by atoms with Gasteiger partial charge in [0.25, 0.3) is 0 Å². The predicted octanol–water partition coefficient (Wildman–Crippen LogP) is 2.89. The summed E-state index contributed by atoms with van der Waals surface area (Å²) in [5.74, 6) is 1.73. The van der Waals surface area contributed by atoms with Gasteiger partial charge in [0.15, 0.2) is 5.82 Å². The van der Waals surface area contributed by atoms with Crippen LogP contribution in [0.5, 0.6) is 5.88 Å². The topological polar surface area (TPSA) is 74.2 Å². The number of aromatic nitrogens is 3. The highest BCUT2D eigenvalue weighted by molar-refractivity contribution is 6.20. The van der Waals surface area contributed by atoms with Gasteiger partial charge in [-0.2, -0.15) is 4.98 Å². The first kappa shape index (κ1) is 11.6. The number of rotatable bonds is 2. The largest absolute Gasteiger partial charge is 0.492 e. The van der Waals surface area contributed by atoms with E-state index in [1.165, 1.54) is 0 Å². The fourth-order valence-corrected chi connectivity index (χ4v) is 1.97. The summed E-state index contributed by atoms with van der Waals surface area (Å²) >= 11 is 0. The first-order valence-corrected chi connectivity index (χ1v) is 6.15. The molecule has 0 radical (unpaired) electrons. The minimum Gasteiger partial charge on any atom is -0.492 e. The molecule has 5 heteroatoms. The number of hydrogen-bond acceptors (Lipinski definition) is 4. The third-order valence-corrected chi connectivity index (χ3v) is 3.00. The molecule has 2 N–H and O–H groups in total. The molecule has 0 amide bonds. The number of allylic oxidation sites excluding steroid dienone is 1. The summed E-state index contributed by atoms with van der Waals surface area (Å²) < 4.78 is 0. The van der Waals surface area contributed by atoms with Gasteiger partial charge in [0.2, 0.25) is 5.88 Å². The lowest BCUT2D eigenvalue weighted by molar-refractivity contribution is 0.453. The molecule has 0 aliphatic carbocycles. The molecule has 0 saturated heterocycles. The molecule has 3 rings (SSSR count). The Kier molecular flexibility index (Phi) is 2.67. The van der Waals surface area contributed by atoms with Crippen LogP contribution in [0.15, 0.2) is 23.3 Å². The van der Waals surface area contributed by atoms with Crippen molar-refractivity contribution in [2.45, 2.75) is 19.8 Å². The maximum atomic E-state index is 9.84. The number of nitrogens with zero attached hydrogens (tertiary/aromatic N) is 3. The maximum absolute atomic E-state index is 9.84. The molecule has 5 nitrogen and oxygen atoms in total. The Hall–Kier alpha value is -2.43. The summed E-state index contributed by atoms with van der Waals surface area (Å²) in [6, 6.07) is 3.83. The Morgan fingerprint density at radius 2 is 2.21 bits per heavy atom. The van der Waals surface area contributed by atoms with Crippen molar-refractivity contribution in [1.29, 1.82) is 0 Å². The van der Waals surface area contributed by atoms with E-state index in [-0.39, 0.29) is 11.8 Å². The summed E-state index contributed by atoms with van der Waals surface area (Å²) in [4.78, 5) is 15.6. The summed E-state index contributed by atoms with van der Waals surface area (Å²) in [5, 5.41) is 9.84. The van der Waals surface area contributed by atoms with Crippen LogP contribution in [0.4, 0.5) is 5.82 Å². The van der Waals surface area contributed by atoms with Gasteiger partial charge >= 0.3 is 0 Å². The number of aromatic hydroxyl groups is 1. The van der Waals surface area contributed by atoms with E-state index < -0.39 is 0 Å². The molecule has 2 aromatic rings. The summed E-state index contributed by atoms with van der Waals surface area (Å²) in [7, 11) is 0. The molecule has 96 valence electrons. The average Bonchev–Trinajstić information content (AvgIpc) is 2.96. The van der Waals surface area contributed by atoms with E-state index in [0.717, 1.165) is 17.0 Å². The van der Waals surface area contributed by atoms with Crippen LogP contribution < -0.4 is 0 Å². The van der Waals surface area contributed by atoms with E-state index in [4.69, 9.17) is 0 Å². The quantitative estimate of drug-likeness (QED) is 0.865. The van der Waals surface area contributed by atoms with Crippen molar-refractivity contribution in [3.63, 3.8) is 0 Å². The van der Waals surface area contributed by atoms with Gasteiger partial charge in [-0.3, -0.25) is 0 Å². The lowest BCUT2D eigenvalue weighted by atomic mass is 10.1. The number of fused-ring (bicyclic) bond motifs is 1. The molecule has 0 aromatic carbocycles. The zero-order valence-corrected chi connectivity index (χ0v) is 10.8. The van der Waals surface area contributed by atoms with Crippen LogP contribution in [0.3, 0.4) is 0 Å². The lowest BCUT2D eigenvalue weighted by Crippen LogP contribution is -1.89. The molecule has 1 aliphatic rings. The second kappa shape index (κ2) is 4.35. The van der Waals surface area contributed by atoms with E-state index in [2.05, 4.69) is 19.9 Å². The summed E-state index contributed by atoms with van der Waals surface area (Å²) in [5.41, 5.74) is 2.47. The van der Waals surface area contributed by atoms with Crippen LogP contribution in [0.2, 0.25) is 0 Å². The molecule has 0 unspecified atom stereocenters. The van der Waals surface area contributed by atoms with Gasteiger partial charge in [-0.05, 0) is 18.2 Å². The maximum Gasteiger partial charge on any atom is 0.237 e. The Labute approximate surface area is 110 Å². The van der Waals surface area contributed by atoms with Gasteiger partial charge in [0.05, 0.1) is 0 Å². The Bertz CT molecular complexity index is 683. The van der Waals surface area contributed by atoms with E-state index in [1.54, 1.807) is 12.4 Å². The van der Waals surface area contributed by atoms with Gasteiger partial charge in [-0.1, -0.05) is 13.8 Å². The SMILES string of the molecule is CC(C)c1nc(O)c(/C=C2/C=Nc3ncccc32)[nH]1. The zero-order chi connectivity index (χ0) is 13.4. The van der Waals surface area contributed by atoms with Crippen LogP contribution in [0.25, 0.3) is 11.6 Å². The number of imidazole rings is 1. The molecular weight excluding hydrogens is 240 g/mol.